The second-order valence-corrected chi connectivity index (χ2v) is 9.15. The van der Waals surface area contributed by atoms with Gasteiger partial charge in [-0.1, -0.05) is 56.8 Å². The molecule has 32 heavy (non-hydrogen) atoms. The van der Waals surface area contributed by atoms with Crippen molar-refractivity contribution in [2.75, 3.05) is 0 Å². The Morgan fingerprint density at radius 3 is 2.50 bits per heavy atom. The van der Waals surface area contributed by atoms with Crippen LogP contribution in [0, 0.1) is 5.92 Å². The van der Waals surface area contributed by atoms with Crippen LogP contribution >= 0.6 is 0 Å². The number of fused-ring (bicyclic) bond motifs is 1. The van der Waals surface area contributed by atoms with E-state index in [9.17, 15) is 9.90 Å². The van der Waals surface area contributed by atoms with Crippen molar-refractivity contribution in [2.24, 2.45) is 5.92 Å². The average molecular weight is 427 g/mol. The number of benzene rings is 3. The molecule has 0 aliphatic heterocycles. The van der Waals surface area contributed by atoms with Gasteiger partial charge in [0.25, 0.3) is 0 Å². The minimum atomic E-state index is -0.911. The van der Waals surface area contributed by atoms with E-state index >= 15 is 0 Å². The smallest absolute Gasteiger partial charge is 0.335 e. The Labute approximate surface area is 190 Å². The molecule has 4 rings (SSSR count). The molecule has 1 aliphatic carbocycles. The van der Waals surface area contributed by atoms with Gasteiger partial charge in [0, 0.05) is 11.0 Å². The Hall–Kier alpha value is -3.33. The van der Waals surface area contributed by atoms with Gasteiger partial charge < -0.3 is 9.84 Å². The molecule has 0 bridgehead atoms. The quantitative estimate of drug-likeness (QED) is 0.324. The van der Waals surface area contributed by atoms with Crippen molar-refractivity contribution >= 4 is 16.7 Å². The van der Waals surface area contributed by atoms with Crippen molar-refractivity contribution in [3.63, 3.8) is 0 Å². The Kier molecular flexibility index (Phi) is 5.92. The fourth-order valence-electron chi connectivity index (χ4n) is 5.39. The van der Waals surface area contributed by atoms with Crippen LogP contribution in [0.25, 0.3) is 21.9 Å². The highest BCUT2D eigenvalue weighted by atomic mass is 16.5. The molecule has 0 amide bonds. The molecule has 0 heterocycles. The summed E-state index contributed by atoms with van der Waals surface area (Å²) in [7, 11) is 0. The molecule has 3 aromatic carbocycles. The maximum absolute atomic E-state index is 11.3. The van der Waals surface area contributed by atoms with Gasteiger partial charge in [0.1, 0.15) is 5.75 Å². The Morgan fingerprint density at radius 1 is 1.12 bits per heavy atom. The predicted molar refractivity (Wildman–Crippen MR) is 131 cm³/mol. The van der Waals surface area contributed by atoms with Crippen molar-refractivity contribution in [3.05, 3.63) is 90.7 Å². The zero-order valence-electron chi connectivity index (χ0n) is 18.9. The van der Waals surface area contributed by atoms with Crippen molar-refractivity contribution in [2.45, 2.75) is 44.9 Å². The fourth-order valence-corrected chi connectivity index (χ4v) is 5.39. The van der Waals surface area contributed by atoms with Gasteiger partial charge in [-0.2, -0.15) is 0 Å². The van der Waals surface area contributed by atoms with Gasteiger partial charge in [-0.25, -0.2) is 4.79 Å². The highest BCUT2D eigenvalue weighted by Gasteiger charge is 2.38. The van der Waals surface area contributed by atoms with E-state index in [2.05, 4.69) is 51.3 Å². The maximum atomic E-state index is 11.3. The lowest BCUT2D eigenvalue weighted by atomic mass is 9.63. The third kappa shape index (κ3) is 4.08. The van der Waals surface area contributed by atoms with E-state index in [1.807, 2.05) is 18.2 Å². The summed E-state index contributed by atoms with van der Waals surface area (Å²) < 4.78 is 5.86. The van der Waals surface area contributed by atoms with E-state index in [4.69, 9.17) is 4.74 Å². The molecule has 164 valence electrons. The summed E-state index contributed by atoms with van der Waals surface area (Å²) in [6.45, 7) is 12.7. The van der Waals surface area contributed by atoms with Crippen molar-refractivity contribution in [3.8, 4) is 16.9 Å². The van der Waals surface area contributed by atoms with Crippen LogP contribution in [0.2, 0.25) is 0 Å². The van der Waals surface area contributed by atoms with Crippen LogP contribution < -0.4 is 4.74 Å². The Balaban J connectivity index is 1.82. The molecule has 1 saturated carbocycles. The normalized spacial score (nSPS) is 20.8. The number of carbonyl (C=O) groups is 1. The number of rotatable bonds is 6. The molecular weight excluding hydrogens is 396 g/mol. The molecule has 0 spiro atoms. The summed E-state index contributed by atoms with van der Waals surface area (Å²) in [6.07, 6.45) is 5.68. The molecule has 3 heteroatoms. The van der Waals surface area contributed by atoms with Crippen molar-refractivity contribution in [1.82, 2.24) is 0 Å². The van der Waals surface area contributed by atoms with Gasteiger partial charge in [0.2, 0.25) is 0 Å². The molecule has 0 aromatic heterocycles. The van der Waals surface area contributed by atoms with Crippen LogP contribution in [0.15, 0.2) is 79.6 Å². The minimum absolute atomic E-state index is 0.00363. The van der Waals surface area contributed by atoms with Gasteiger partial charge in [-0.05, 0) is 83.8 Å². The standard InChI is InChI=1S/C29H30O3/c1-5-29(17-19(3)13-20(4)18-29)26-16-24(11-12-27(26)32-6-2)22-7-8-23-15-25(28(30)31)10-9-21(23)14-22/h6-12,14-16,20H,2-3,5,13,17-18H2,1,4H3,(H,30,31). The number of carboxylic acid groups (broad SMARTS) is 1. The van der Waals surface area contributed by atoms with Gasteiger partial charge in [0.15, 0.2) is 0 Å². The molecule has 1 N–H and O–H groups in total. The van der Waals surface area contributed by atoms with E-state index in [0.29, 0.717) is 11.5 Å². The molecule has 1 aliphatic rings. The first-order valence-corrected chi connectivity index (χ1v) is 11.2. The molecule has 0 saturated heterocycles. The number of hydrogen-bond donors (Lipinski definition) is 1. The number of ether oxygens (including phenoxy) is 1. The van der Waals surface area contributed by atoms with E-state index in [0.717, 1.165) is 53.3 Å². The number of allylic oxidation sites excluding steroid dienone is 1. The summed E-state index contributed by atoms with van der Waals surface area (Å²) in [5.74, 6) is 0.534. The fraction of sp³-hybridized carbons (Fsp3) is 0.276. The summed E-state index contributed by atoms with van der Waals surface area (Å²) in [6, 6.07) is 17.8. The van der Waals surface area contributed by atoms with E-state index in [1.165, 1.54) is 17.4 Å². The van der Waals surface area contributed by atoms with Crippen LogP contribution in [-0.4, -0.2) is 11.1 Å². The lowest BCUT2D eigenvalue weighted by Gasteiger charge is -2.42. The maximum Gasteiger partial charge on any atom is 0.335 e. The number of aromatic carboxylic acids is 1. The first-order chi connectivity index (χ1) is 15.3. The summed E-state index contributed by atoms with van der Waals surface area (Å²) >= 11 is 0. The van der Waals surface area contributed by atoms with Gasteiger partial charge in [0.05, 0.1) is 11.8 Å². The minimum Gasteiger partial charge on any atom is -0.478 e. The lowest BCUT2D eigenvalue weighted by molar-refractivity contribution is 0.0697. The van der Waals surface area contributed by atoms with Crippen LogP contribution in [0.4, 0.5) is 0 Å². The third-order valence-corrected chi connectivity index (χ3v) is 6.82. The first kappa shape index (κ1) is 21.9. The molecule has 2 atom stereocenters. The Bertz CT molecular complexity index is 1210. The average Bonchev–Trinajstić information content (AvgIpc) is 2.78. The molecule has 1 fully saturated rings. The molecular formula is C29H30O3. The predicted octanol–water partition coefficient (Wildman–Crippen LogP) is 7.75. The topological polar surface area (TPSA) is 46.5 Å². The Morgan fingerprint density at radius 2 is 1.81 bits per heavy atom. The lowest BCUT2D eigenvalue weighted by Crippen LogP contribution is -2.33. The van der Waals surface area contributed by atoms with Gasteiger partial charge in [-0.3, -0.25) is 0 Å². The monoisotopic (exact) mass is 426 g/mol. The molecule has 3 nitrogen and oxygen atoms in total. The zero-order valence-corrected chi connectivity index (χ0v) is 18.9. The summed E-state index contributed by atoms with van der Waals surface area (Å²) in [5.41, 5.74) is 5.04. The van der Waals surface area contributed by atoms with E-state index < -0.39 is 5.97 Å². The first-order valence-electron chi connectivity index (χ1n) is 11.2. The van der Waals surface area contributed by atoms with E-state index in [-0.39, 0.29) is 5.41 Å². The molecule has 0 radical (unpaired) electrons. The van der Waals surface area contributed by atoms with Crippen LogP contribution in [0.1, 0.15) is 55.5 Å². The third-order valence-electron chi connectivity index (χ3n) is 6.82. The summed E-state index contributed by atoms with van der Waals surface area (Å²) in [4.78, 5) is 11.3. The van der Waals surface area contributed by atoms with Crippen LogP contribution in [-0.2, 0) is 5.41 Å². The second kappa shape index (κ2) is 8.66. The largest absolute Gasteiger partial charge is 0.478 e. The van der Waals surface area contributed by atoms with E-state index in [1.54, 1.807) is 12.1 Å². The SMILES string of the molecule is C=COc1ccc(-c2ccc3cc(C(=O)O)ccc3c2)cc1C1(CC)CC(=C)CC(C)C1. The zero-order chi connectivity index (χ0) is 22.9. The molecule has 2 unspecified atom stereocenters. The summed E-state index contributed by atoms with van der Waals surface area (Å²) in [5, 5.41) is 11.2. The van der Waals surface area contributed by atoms with Crippen LogP contribution in [0.5, 0.6) is 5.75 Å². The number of hydrogen-bond acceptors (Lipinski definition) is 2. The van der Waals surface area contributed by atoms with Crippen molar-refractivity contribution in [1.29, 1.82) is 0 Å². The molecule has 3 aromatic rings. The number of carboxylic acids is 1. The highest BCUT2D eigenvalue weighted by molar-refractivity contribution is 5.95. The second-order valence-electron chi connectivity index (χ2n) is 9.15. The van der Waals surface area contributed by atoms with Gasteiger partial charge >= 0.3 is 5.97 Å². The van der Waals surface area contributed by atoms with Crippen molar-refractivity contribution < 1.29 is 14.6 Å². The van der Waals surface area contributed by atoms with Crippen LogP contribution in [0.3, 0.4) is 0 Å². The highest BCUT2D eigenvalue weighted by Crippen LogP contribution is 2.49. The van der Waals surface area contributed by atoms with Gasteiger partial charge in [-0.15, -0.1) is 0 Å².